The lowest BCUT2D eigenvalue weighted by Crippen LogP contribution is -2.55. The van der Waals surface area contributed by atoms with Gasteiger partial charge in [-0.15, -0.1) is 0 Å². The van der Waals surface area contributed by atoms with Crippen molar-refractivity contribution in [2.75, 3.05) is 13.2 Å². The van der Waals surface area contributed by atoms with Gasteiger partial charge in [0.15, 0.2) is 6.10 Å². The van der Waals surface area contributed by atoms with E-state index in [2.05, 4.69) is 4.98 Å². The number of morpholine rings is 1. The van der Waals surface area contributed by atoms with Gasteiger partial charge in [0.05, 0.1) is 6.04 Å². The van der Waals surface area contributed by atoms with Crippen LogP contribution in [0.1, 0.15) is 36.9 Å². The predicted molar refractivity (Wildman–Crippen MR) is 104 cm³/mol. The fourth-order valence-corrected chi connectivity index (χ4v) is 3.83. The van der Waals surface area contributed by atoms with Gasteiger partial charge in [-0.2, -0.15) is 0 Å². The van der Waals surface area contributed by atoms with Gasteiger partial charge in [-0.25, -0.2) is 0 Å². The monoisotopic (exact) mass is 379 g/mol. The third-order valence-corrected chi connectivity index (χ3v) is 5.38. The Hall–Kier alpha value is -2.73. The zero-order valence-electron chi connectivity index (χ0n) is 16.0. The quantitative estimate of drug-likeness (QED) is 0.774. The van der Waals surface area contributed by atoms with Crippen LogP contribution in [0.25, 0.3) is 0 Å². The van der Waals surface area contributed by atoms with Crippen LogP contribution < -0.4 is 0 Å². The lowest BCUT2D eigenvalue weighted by atomic mass is 9.97. The summed E-state index contributed by atoms with van der Waals surface area (Å²) in [7, 11) is 0. The van der Waals surface area contributed by atoms with E-state index in [9.17, 15) is 9.59 Å². The van der Waals surface area contributed by atoms with E-state index < -0.39 is 12.1 Å². The van der Waals surface area contributed by atoms with Crippen LogP contribution in [0.4, 0.5) is 0 Å². The molecule has 1 saturated carbocycles. The number of hydrogen-bond donors (Lipinski definition) is 0. The van der Waals surface area contributed by atoms with Crippen molar-refractivity contribution in [3.05, 3.63) is 66.0 Å². The Balaban J connectivity index is 1.63. The normalized spacial score (nSPS) is 22.2. The summed E-state index contributed by atoms with van der Waals surface area (Å²) in [6, 6.07) is 13.4. The first-order valence-electron chi connectivity index (χ1n) is 9.84. The van der Waals surface area contributed by atoms with Crippen LogP contribution in [-0.4, -0.2) is 51.9 Å². The van der Waals surface area contributed by atoms with Crippen molar-refractivity contribution < 1.29 is 14.3 Å². The molecule has 2 amide bonds. The number of nitrogens with zero attached hydrogens (tertiary/aromatic N) is 3. The number of carbonyl (C=O) groups excluding carboxylic acids is 2. The third-order valence-electron chi connectivity index (χ3n) is 5.38. The zero-order valence-corrected chi connectivity index (χ0v) is 16.0. The van der Waals surface area contributed by atoms with Crippen molar-refractivity contribution in [3.8, 4) is 0 Å². The molecule has 2 atom stereocenters. The van der Waals surface area contributed by atoms with Gasteiger partial charge in [0.2, 0.25) is 5.91 Å². The summed E-state index contributed by atoms with van der Waals surface area (Å²) in [6.45, 7) is 3.01. The number of rotatable bonds is 6. The largest absolute Gasteiger partial charge is 0.356 e. The Bertz CT molecular complexity index is 823. The Morgan fingerprint density at radius 1 is 1.21 bits per heavy atom. The highest BCUT2D eigenvalue weighted by atomic mass is 16.5. The molecule has 0 N–H and O–H groups in total. The molecule has 2 aromatic rings. The summed E-state index contributed by atoms with van der Waals surface area (Å²) < 4.78 is 5.84. The lowest BCUT2D eigenvalue weighted by Gasteiger charge is -2.42. The number of carbonyl (C=O) groups is 2. The summed E-state index contributed by atoms with van der Waals surface area (Å²) in [6.07, 6.45) is 4.67. The minimum Gasteiger partial charge on any atom is -0.356 e. The SMILES string of the molecule is CCN(Cc1ccccc1)C(=O)[C@H]1OCC(=O)N(C2CC2)[C@@H]1c1cccnc1. The van der Waals surface area contributed by atoms with Gasteiger partial charge in [-0.3, -0.25) is 14.6 Å². The van der Waals surface area contributed by atoms with E-state index >= 15 is 0 Å². The van der Waals surface area contributed by atoms with Crippen molar-refractivity contribution >= 4 is 11.8 Å². The highest BCUT2D eigenvalue weighted by Gasteiger charge is 2.48. The molecule has 1 aliphatic heterocycles. The van der Waals surface area contributed by atoms with Crippen LogP contribution in [0.2, 0.25) is 0 Å². The second kappa shape index (κ2) is 8.10. The van der Waals surface area contributed by atoms with E-state index in [1.165, 1.54) is 0 Å². The molecular weight excluding hydrogens is 354 g/mol. The van der Waals surface area contributed by atoms with Gasteiger partial charge in [-0.05, 0) is 37.0 Å². The molecule has 0 spiro atoms. The molecule has 1 aromatic carbocycles. The highest BCUT2D eigenvalue weighted by Crippen LogP contribution is 2.39. The zero-order chi connectivity index (χ0) is 19.5. The number of ether oxygens (including phenoxy) is 1. The summed E-state index contributed by atoms with van der Waals surface area (Å²) in [4.78, 5) is 33.9. The van der Waals surface area contributed by atoms with Gasteiger partial charge in [0, 0.05) is 31.5 Å². The van der Waals surface area contributed by atoms with E-state index in [0.29, 0.717) is 13.1 Å². The van der Waals surface area contributed by atoms with Crippen molar-refractivity contribution in [1.29, 1.82) is 0 Å². The molecule has 0 unspecified atom stereocenters. The average molecular weight is 379 g/mol. The van der Waals surface area contributed by atoms with E-state index in [1.54, 1.807) is 17.3 Å². The van der Waals surface area contributed by atoms with E-state index in [4.69, 9.17) is 4.74 Å². The van der Waals surface area contributed by atoms with Crippen LogP contribution in [0.15, 0.2) is 54.9 Å². The Kier molecular flexibility index (Phi) is 5.39. The van der Waals surface area contributed by atoms with Gasteiger partial charge >= 0.3 is 0 Å². The maximum Gasteiger partial charge on any atom is 0.254 e. The van der Waals surface area contributed by atoms with Crippen molar-refractivity contribution in [2.45, 2.75) is 44.5 Å². The number of aromatic nitrogens is 1. The molecule has 6 nitrogen and oxygen atoms in total. The molecule has 2 aliphatic rings. The summed E-state index contributed by atoms with van der Waals surface area (Å²) in [5, 5.41) is 0. The minimum absolute atomic E-state index is 0.0490. The molecule has 1 aromatic heterocycles. The van der Waals surface area contributed by atoms with Gasteiger partial charge < -0.3 is 14.5 Å². The van der Waals surface area contributed by atoms with Gasteiger partial charge in [-0.1, -0.05) is 36.4 Å². The van der Waals surface area contributed by atoms with E-state index in [-0.39, 0.29) is 24.5 Å². The first-order chi connectivity index (χ1) is 13.7. The average Bonchev–Trinajstić information content (AvgIpc) is 3.57. The minimum atomic E-state index is -0.717. The molecule has 146 valence electrons. The lowest BCUT2D eigenvalue weighted by molar-refractivity contribution is -0.170. The summed E-state index contributed by atoms with van der Waals surface area (Å²) >= 11 is 0. The second-order valence-electron chi connectivity index (χ2n) is 7.33. The second-order valence-corrected chi connectivity index (χ2v) is 7.33. The highest BCUT2D eigenvalue weighted by molar-refractivity contribution is 5.86. The molecule has 6 heteroatoms. The van der Waals surface area contributed by atoms with Gasteiger partial charge in [0.1, 0.15) is 6.61 Å². The summed E-state index contributed by atoms with van der Waals surface area (Å²) in [5.41, 5.74) is 1.91. The maximum absolute atomic E-state index is 13.5. The fraction of sp³-hybridized carbons (Fsp3) is 0.409. The standard InChI is InChI=1S/C22H25N3O3/c1-2-24(14-16-7-4-3-5-8-16)22(27)21-20(17-9-6-12-23-13-17)25(18-10-11-18)19(26)15-28-21/h3-9,12-13,18,20-21H,2,10-11,14-15H2,1H3/t20-,21+/m1/s1. The van der Waals surface area contributed by atoms with Crippen LogP contribution in [0, 0.1) is 0 Å². The molecule has 1 saturated heterocycles. The van der Waals surface area contributed by atoms with Crippen LogP contribution >= 0.6 is 0 Å². The number of hydrogen-bond acceptors (Lipinski definition) is 4. The Labute approximate surface area is 165 Å². The van der Waals surface area contributed by atoms with Crippen LogP contribution in [0.5, 0.6) is 0 Å². The van der Waals surface area contributed by atoms with Crippen LogP contribution in [0.3, 0.4) is 0 Å². The van der Waals surface area contributed by atoms with E-state index in [1.807, 2.05) is 54.3 Å². The maximum atomic E-state index is 13.5. The smallest absolute Gasteiger partial charge is 0.254 e. The molecule has 2 fully saturated rings. The molecule has 2 heterocycles. The first kappa shape index (κ1) is 18.6. The first-order valence-corrected chi connectivity index (χ1v) is 9.84. The molecule has 1 aliphatic carbocycles. The van der Waals surface area contributed by atoms with Crippen molar-refractivity contribution in [2.24, 2.45) is 0 Å². The third kappa shape index (κ3) is 3.78. The number of benzene rings is 1. The Morgan fingerprint density at radius 2 is 2.00 bits per heavy atom. The number of amides is 2. The molecule has 0 bridgehead atoms. The summed E-state index contributed by atoms with van der Waals surface area (Å²) in [5.74, 6) is -0.134. The molecular formula is C22H25N3O3. The van der Waals surface area contributed by atoms with E-state index in [0.717, 1.165) is 24.0 Å². The van der Waals surface area contributed by atoms with Crippen molar-refractivity contribution in [1.82, 2.24) is 14.8 Å². The molecule has 0 radical (unpaired) electrons. The van der Waals surface area contributed by atoms with Gasteiger partial charge in [0.25, 0.3) is 5.91 Å². The van der Waals surface area contributed by atoms with Crippen LogP contribution in [-0.2, 0) is 20.9 Å². The molecule has 4 rings (SSSR count). The van der Waals surface area contributed by atoms with Crippen molar-refractivity contribution in [3.63, 3.8) is 0 Å². The number of likely N-dealkylation sites (N-methyl/N-ethyl adjacent to an activating group) is 1. The predicted octanol–water partition coefficient (Wildman–Crippen LogP) is 2.56. The number of pyridine rings is 1. The topological polar surface area (TPSA) is 62.7 Å². The molecule has 28 heavy (non-hydrogen) atoms. The fourth-order valence-electron chi connectivity index (χ4n) is 3.83. The Morgan fingerprint density at radius 3 is 2.64 bits per heavy atom.